The highest BCUT2D eigenvalue weighted by Crippen LogP contribution is 2.32. The molecule has 2 amide bonds. The minimum absolute atomic E-state index is 0.0463. The van der Waals surface area contributed by atoms with Crippen LogP contribution in [-0.4, -0.2) is 42.4 Å². The lowest BCUT2D eigenvalue weighted by molar-refractivity contribution is -0.136. The summed E-state index contributed by atoms with van der Waals surface area (Å²) in [5.41, 5.74) is 6.42. The van der Waals surface area contributed by atoms with Gasteiger partial charge in [0.25, 0.3) is 0 Å². The number of hydrogen-bond acceptors (Lipinski definition) is 3. The highest BCUT2D eigenvalue weighted by Gasteiger charge is 2.40. The lowest BCUT2D eigenvalue weighted by Crippen LogP contribution is -2.43. The normalized spacial score (nSPS) is 25.1. The van der Waals surface area contributed by atoms with Gasteiger partial charge in [0.1, 0.15) is 0 Å². The van der Waals surface area contributed by atoms with Crippen LogP contribution < -0.4 is 10.6 Å². The first kappa shape index (κ1) is 15.3. The number of halogens is 1. The maximum Gasteiger partial charge on any atom is 0.228 e. The van der Waals surface area contributed by atoms with E-state index < -0.39 is 0 Å². The van der Waals surface area contributed by atoms with E-state index in [1.165, 1.54) is 0 Å². The Morgan fingerprint density at radius 1 is 1.36 bits per heavy atom. The molecule has 0 saturated carbocycles. The van der Waals surface area contributed by atoms with Crippen molar-refractivity contribution < 1.29 is 9.59 Å². The van der Waals surface area contributed by atoms with E-state index in [1.54, 1.807) is 11.0 Å². The first-order valence-corrected chi connectivity index (χ1v) is 8.05. The van der Waals surface area contributed by atoms with Crippen molar-refractivity contribution in [3.05, 3.63) is 29.3 Å². The molecular formula is C16H20ClN3O2. The number of carbonyl (C=O) groups excluding carboxylic acids is 2. The Hall–Kier alpha value is -1.59. The van der Waals surface area contributed by atoms with Crippen LogP contribution in [-0.2, 0) is 9.59 Å². The Morgan fingerprint density at radius 2 is 2.14 bits per heavy atom. The zero-order chi connectivity index (χ0) is 15.7. The molecule has 5 nitrogen and oxygen atoms in total. The maximum absolute atomic E-state index is 12.7. The third-order valence-corrected chi connectivity index (χ3v) is 4.87. The molecule has 2 atom stereocenters. The van der Waals surface area contributed by atoms with Crippen LogP contribution in [0, 0.1) is 5.92 Å². The average molecular weight is 322 g/mol. The Kier molecular flexibility index (Phi) is 4.36. The monoisotopic (exact) mass is 321 g/mol. The molecule has 22 heavy (non-hydrogen) atoms. The Balaban J connectivity index is 1.75. The quantitative estimate of drug-likeness (QED) is 0.920. The van der Waals surface area contributed by atoms with E-state index in [1.807, 2.05) is 23.1 Å². The van der Waals surface area contributed by atoms with Gasteiger partial charge in [-0.3, -0.25) is 9.59 Å². The minimum Gasteiger partial charge on any atom is -0.338 e. The van der Waals surface area contributed by atoms with Gasteiger partial charge >= 0.3 is 0 Å². The van der Waals surface area contributed by atoms with Crippen molar-refractivity contribution >= 4 is 29.1 Å². The summed E-state index contributed by atoms with van der Waals surface area (Å²) < 4.78 is 0. The third kappa shape index (κ3) is 2.71. The number of para-hydroxylation sites is 1. The smallest absolute Gasteiger partial charge is 0.228 e. The summed E-state index contributed by atoms with van der Waals surface area (Å²) in [7, 11) is 0. The van der Waals surface area contributed by atoms with Gasteiger partial charge < -0.3 is 15.5 Å². The van der Waals surface area contributed by atoms with Crippen LogP contribution in [0.3, 0.4) is 0 Å². The molecule has 3 rings (SSSR count). The highest BCUT2D eigenvalue weighted by atomic mass is 35.5. The molecule has 6 heteroatoms. The second-order valence-electron chi connectivity index (χ2n) is 5.92. The number of nitrogens with two attached hydrogens (primary N) is 1. The largest absolute Gasteiger partial charge is 0.338 e. The standard InChI is InChI=1S/C16H20ClN3O2/c17-13-5-1-2-6-14(13)20-10-11(8-15(20)21)16(22)19-7-3-4-12(19)9-18/h1-2,5-6,11-12H,3-4,7-10,18H2/t11-,12+/m1/s1. The van der Waals surface area contributed by atoms with Gasteiger partial charge in [0, 0.05) is 32.1 Å². The molecule has 2 aliphatic heterocycles. The summed E-state index contributed by atoms with van der Waals surface area (Å²) in [5, 5.41) is 0.532. The maximum atomic E-state index is 12.7. The molecule has 0 unspecified atom stereocenters. The van der Waals surface area contributed by atoms with Crippen LogP contribution in [0.25, 0.3) is 0 Å². The van der Waals surface area contributed by atoms with Crippen molar-refractivity contribution in [3.63, 3.8) is 0 Å². The highest BCUT2D eigenvalue weighted by molar-refractivity contribution is 6.33. The van der Waals surface area contributed by atoms with Gasteiger partial charge in [-0.25, -0.2) is 0 Å². The van der Waals surface area contributed by atoms with E-state index in [0.717, 1.165) is 19.4 Å². The molecule has 2 N–H and O–H groups in total. The zero-order valence-corrected chi connectivity index (χ0v) is 13.1. The van der Waals surface area contributed by atoms with Gasteiger partial charge in [-0.15, -0.1) is 0 Å². The molecular weight excluding hydrogens is 302 g/mol. The molecule has 0 aliphatic carbocycles. The molecule has 0 radical (unpaired) electrons. The second-order valence-corrected chi connectivity index (χ2v) is 6.33. The molecule has 0 spiro atoms. The van der Waals surface area contributed by atoms with Crippen molar-refractivity contribution in [2.24, 2.45) is 11.7 Å². The van der Waals surface area contributed by atoms with E-state index in [-0.39, 0.29) is 30.2 Å². The Bertz CT molecular complexity index is 593. The van der Waals surface area contributed by atoms with E-state index in [2.05, 4.69) is 0 Å². The number of amides is 2. The second kappa shape index (κ2) is 6.26. The molecule has 0 aromatic heterocycles. The van der Waals surface area contributed by atoms with Crippen molar-refractivity contribution in [1.82, 2.24) is 4.90 Å². The number of benzene rings is 1. The number of likely N-dealkylation sites (tertiary alicyclic amines) is 1. The van der Waals surface area contributed by atoms with Gasteiger partial charge in [0.15, 0.2) is 0 Å². The van der Waals surface area contributed by atoms with Crippen LogP contribution in [0.5, 0.6) is 0 Å². The molecule has 1 aromatic rings. The third-order valence-electron chi connectivity index (χ3n) is 4.55. The van der Waals surface area contributed by atoms with Crippen molar-refractivity contribution in [2.75, 3.05) is 24.5 Å². The summed E-state index contributed by atoms with van der Waals surface area (Å²) in [6.45, 7) is 1.63. The fourth-order valence-corrected chi connectivity index (χ4v) is 3.62. The van der Waals surface area contributed by atoms with E-state index in [9.17, 15) is 9.59 Å². The molecule has 2 aliphatic rings. The summed E-state index contributed by atoms with van der Waals surface area (Å²) >= 11 is 6.16. The molecule has 1 aromatic carbocycles. The lowest BCUT2D eigenvalue weighted by atomic mass is 10.1. The van der Waals surface area contributed by atoms with E-state index in [0.29, 0.717) is 23.8 Å². The number of anilines is 1. The van der Waals surface area contributed by atoms with Crippen LogP contribution in [0.1, 0.15) is 19.3 Å². The Labute approximate surface area is 135 Å². The topological polar surface area (TPSA) is 66.6 Å². The van der Waals surface area contributed by atoms with Gasteiger partial charge in [-0.2, -0.15) is 0 Å². The summed E-state index contributed by atoms with van der Waals surface area (Å²) in [6, 6.07) is 7.35. The van der Waals surface area contributed by atoms with Crippen molar-refractivity contribution in [3.8, 4) is 0 Å². The molecule has 118 valence electrons. The molecule has 2 fully saturated rings. The van der Waals surface area contributed by atoms with E-state index in [4.69, 9.17) is 17.3 Å². The zero-order valence-electron chi connectivity index (χ0n) is 12.4. The SMILES string of the molecule is NC[C@@H]1CCCN1C(=O)[C@@H]1CC(=O)N(c2ccccc2Cl)C1. The minimum atomic E-state index is -0.295. The van der Waals surface area contributed by atoms with Gasteiger partial charge in [-0.05, 0) is 25.0 Å². The van der Waals surface area contributed by atoms with Crippen molar-refractivity contribution in [1.29, 1.82) is 0 Å². The molecule has 2 heterocycles. The van der Waals surface area contributed by atoms with Gasteiger partial charge in [0.05, 0.1) is 16.6 Å². The average Bonchev–Trinajstić information content (AvgIpc) is 3.13. The van der Waals surface area contributed by atoms with E-state index >= 15 is 0 Å². The van der Waals surface area contributed by atoms with Crippen LogP contribution in [0.4, 0.5) is 5.69 Å². The van der Waals surface area contributed by atoms with Gasteiger partial charge in [0.2, 0.25) is 11.8 Å². The predicted octanol–water partition coefficient (Wildman–Crippen LogP) is 1.64. The summed E-state index contributed by atoms with van der Waals surface area (Å²) in [4.78, 5) is 28.4. The fraction of sp³-hybridized carbons (Fsp3) is 0.500. The fourth-order valence-electron chi connectivity index (χ4n) is 3.38. The number of rotatable bonds is 3. The predicted molar refractivity (Wildman–Crippen MR) is 85.7 cm³/mol. The lowest BCUT2D eigenvalue weighted by Gasteiger charge is -2.26. The van der Waals surface area contributed by atoms with Crippen LogP contribution >= 0.6 is 11.6 Å². The van der Waals surface area contributed by atoms with Crippen LogP contribution in [0.2, 0.25) is 5.02 Å². The Morgan fingerprint density at radius 3 is 2.86 bits per heavy atom. The number of hydrogen-bond donors (Lipinski definition) is 1. The summed E-state index contributed by atoms with van der Waals surface area (Å²) in [5.74, 6) is -0.290. The van der Waals surface area contributed by atoms with Crippen LogP contribution in [0.15, 0.2) is 24.3 Å². The first-order valence-electron chi connectivity index (χ1n) is 7.67. The number of carbonyl (C=O) groups is 2. The van der Waals surface area contributed by atoms with Gasteiger partial charge in [-0.1, -0.05) is 23.7 Å². The summed E-state index contributed by atoms with van der Waals surface area (Å²) in [6.07, 6.45) is 2.19. The number of nitrogens with zero attached hydrogens (tertiary/aromatic N) is 2. The van der Waals surface area contributed by atoms with Crippen molar-refractivity contribution in [2.45, 2.75) is 25.3 Å². The first-order chi connectivity index (χ1) is 10.6. The molecule has 0 bridgehead atoms. The molecule has 2 saturated heterocycles.